The lowest BCUT2D eigenvalue weighted by Crippen LogP contribution is -2.10. The predicted molar refractivity (Wildman–Crippen MR) is 108 cm³/mol. The Kier molecular flexibility index (Phi) is 6.69. The van der Waals surface area contributed by atoms with E-state index in [4.69, 9.17) is 10.00 Å². The number of rotatable bonds is 7. The smallest absolute Gasteiger partial charge is 0.248 e. The SMILES string of the molecule is N#CCc1ccc(OCc2ccccc2NC(=O)/C=C/c2cncc(F)c2)cc1. The van der Waals surface area contributed by atoms with Gasteiger partial charge in [0.1, 0.15) is 18.2 Å². The zero-order chi connectivity index (χ0) is 20.5. The molecule has 0 unspecified atom stereocenters. The molecule has 1 N–H and O–H groups in total. The van der Waals surface area contributed by atoms with Gasteiger partial charge >= 0.3 is 0 Å². The van der Waals surface area contributed by atoms with Gasteiger partial charge in [0.05, 0.1) is 18.7 Å². The molecule has 0 fully saturated rings. The number of nitriles is 1. The lowest BCUT2D eigenvalue weighted by molar-refractivity contribution is -0.111. The second-order valence-corrected chi connectivity index (χ2v) is 6.18. The number of pyridine rings is 1. The van der Waals surface area contributed by atoms with Crippen LogP contribution in [0, 0.1) is 17.1 Å². The fraction of sp³-hybridized carbons (Fsp3) is 0.0870. The van der Waals surface area contributed by atoms with Crippen molar-refractivity contribution in [2.75, 3.05) is 5.32 Å². The predicted octanol–water partition coefficient (Wildman–Crippen LogP) is 4.52. The number of hydrogen-bond donors (Lipinski definition) is 1. The Morgan fingerprint density at radius 3 is 2.72 bits per heavy atom. The van der Waals surface area contributed by atoms with Crippen LogP contribution in [-0.4, -0.2) is 10.9 Å². The van der Waals surface area contributed by atoms with Gasteiger partial charge in [-0.25, -0.2) is 4.39 Å². The third kappa shape index (κ3) is 6.01. The number of hydrogen-bond acceptors (Lipinski definition) is 4. The van der Waals surface area contributed by atoms with Gasteiger partial charge in [-0.1, -0.05) is 30.3 Å². The van der Waals surface area contributed by atoms with Gasteiger partial charge < -0.3 is 10.1 Å². The molecule has 0 aliphatic heterocycles. The summed E-state index contributed by atoms with van der Waals surface area (Å²) in [6, 6.07) is 18.0. The number of ether oxygens (including phenoxy) is 1. The van der Waals surface area contributed by atoms with E-state index in [0.717, 1.165) is 17.3 Å². The van der Waals surface area contributed by atoms with Gasteiger partial charge in [0.25, 0.3) is 0 Å². The molecular weight excluding hydrogens is 369 g/mol. The van der Waals surface area contributed by atoms with E-state index in [9.17, 15) is 9.18 Å². The Balaban J connectivity index is 1.62. The van der Waals surface area contributed by atoms with E-state index < -0.39 is 5.82 Å². The summed E-state index contributed by atoms with van der Waals surface area (Å²) in [4.78, 5) is 16.0. The molecule has 0 aliphatic carbocycles. The van der Waals surface area contributed by atoms with Gasteiger partial charge in [-0.2, -0.15) is 5.26 Å². The third-order valence-corrected chi connectivity index (χ3v) is 4.03. The standard InChI is InChI=1S/C23H18FN3O2/c24-20-13-18(14-26-15-20)7-10-23(28)27-22-4-2-1-3-19(22)16-29-21-8-5-17(6-9-21)11-12-25/h1-10,13-15H,11,16H2,(H,27,28)/b10-7+. The number of para-hydroxylation sites is 1. The Morgan fingerprint density at radius 2 is 1.97 bits per heavy atom. The summed E-state index contributed by atoms with van der Waals surface area (Å²) in [5.41, 5.74) is 2.85. The van der Waals surface area contributed by atoms with E-state index in [2.05, 4.69) is 16.4 Å². The number of aromatic nitrogens is 1. The highest BCUT2D eigenvalue weighted by molar-refractivity contribution is 6.02. The maximum Gasteiger partial charge on any atom is 0.248 e. The number of anilines is 1. The van der Waals surface area contributed by atoms with E-state index in [1.54, 1.807) is 6.07 Å². The molecule has 0 saturated heterocycles. The van der Waals surface area contributed by atoms with Crippen molar-refractivity contribution in [2.45, 2.75) is 13.0 Å². The molecular formula is C23H18FN3O2. The molecule has 0 radical (unpaired) electrons. The van der Waals surface area contributed by atoms with Crippen LogP contribution in [0.5, 0.6) is 5.75 Å². The van der Waals surface area contributed by atoms with Crippen LogP contribution >= 0.6 is 0 Å². The quantitative estimate of drug-likeness (QED) is 0.605. The van der Waals surface area contributed by atoms with Gasteiger partial charge in [0.2, 0.25) is 5.91 Å². The highest BCUT2D eigenvalue weighted by Gasteiger charge is 2.06. The maximum atomic E-state index is 13.2. The minimum Gasteiger partial charge on any atom is -0.489 e. The van der Waals surface area contributed by atoms with Crippen LogP contribution in [0.15, 0.2) is 73.1 Å². The number of amides is 1. The topological polar surface area (TPSA) is 75.0 Å². The molecule has 3 aromatic rings. The lowest BCUT2D eigenvalue weighted by Gasteiger charge is -2.11. The molecule has 1 aromatic heterocycles. The number of nitrogens with one attached hydrogen (secondary N) is 1. The molecule has 2 aromatic carbocycles. The Bertz CT molecular complexity index is 1060. The van der Waals surface area contributed by atoms with Crippen molar-refractivity contribution in [1.29, 1.82) is 5.26 Å². The number of benzene rings is 2. The summed E-state index contributed by atoms with van der Waals surface area (Å²) >= 11 is 0. The molecule has 144 valence electrons. The van der Waals surface area contributed by atoms with Crippen molar-refractivity contribution >= 4 is 17.7 Å². The van der Waals surface area contributed by atoms with Crippen LogP contribution in [0.2, 0.25) is 0 Å². The third-order valence-electron chi connectivity index (χ3n) is 4.03. The zero-order valence-corrected chi connectivity index (χ0v) is 15.5. The van der Waals surface area contributed by atoms with Crippen molar-refractivity contribution in [3.8, 4) is 11.8 Å². The fourth-order valence-electron chi connectivity index (χ4n) is 2.59. The summed E-state index contributed by atoms with van der Waals surface area (Å²) in [5.74, 6) is -0.135. The molecule has 5 nitrogen and oxygen atoms in total. The first-order chi connectivity index (χ1) is 14.1. The number of carbonyl (C=O) groups excluding carboxylic acids is 1. The van der Waals surface area contributed by atoms with Gasteiger partial charge in [0.15, 0.2) is 0 Å². The fourth-order valence-corrected chi connectivity index (χ4v) is 2.59. The van der Waals surface area contributed by atoms with Crippen LogP contribution in [0.1, 0.15) is 16.7 Å². The first kappa shape index (κ1) is 19.8. The summed E-state index contributed by atoms with van der Waals surface area (Å²) in [7, 11) is 0. The second kappa shape index (κ2) is 9.81. The van der Waals surface area contributed by atoms with Gasteiger partial charge in [0, 0.05) is 23.5 Å². The molecule has 3 rings (SSSR count). The summed E-state index contributed by atoms with van der Waals surface area (Å²) in [5, 5.41) is 11.5. The van der Waals surface area contributed by atoms with E-state index in [1.807, 2.05) is 42.5 Å². The first-order valence-electron chi connectivity index (χ1n) is 8.90. The van der Waals surface area contributed by atoms with E-state index in [1.165, 1.54) is 24.4 Å². The normalized spacial score (nSPS) is 10.5. The van der Waals surface area contributed by atoms with Gasteiger partial charge in [-0.05, 0) is 41.5 Å². The Hall–Kier alpha value is -3.98. The lowest BCUT2D eigenvalue weighted by atomic mass is 10.1. The molecule has 1 amide bonds. The highest BCUT2D eigenvalue weighted by atomic mass is 19.1. The summed E-state index contributed by atoms with van der Waals surface area (Å²) in [6.07, 6.45) is 5.74. The zero-order valence-electron chi connectivity index (χ0n) is 15.5. The molecule has 0 atom stereocenters. The molecule has 0 spiro atoms. The first-order valence-corrected chi connectivity index (χ1v) is 8.90. The molecule has 0 saturated carbocycles. The molecule has 0 bridgehead atoms. The van der Waals surface area contributed by atoms with E-state index in [-0.39, 0.29) is 12.5 Å². The largest absolute Gasteiger partial charge is 0.489 e. The van der Waals surface area contributed by atoms with Crippen molar-refractivity contribution in [2.24, 2.45) is 0 Å². The van der Waals surface area contributed by atoms with Gasteiger partial charge in [-0.3, -0.25) is 9.78 Å². The van der Waals surface area contributed by atoms with Crippen molar-refractivity contribution in [3.63, 3.8) is 0 Å². The average molecular weight is 387 g/mol. The Labute approximate surface area is 168 Å². The monoisotopic (exact) mass is 387 g/mol. The van der Waals surface area contributed by atoms with Gasteiger partial charge in [-0.15, -0.1) is 0 Å². The second-order valence-electron chi connectivity index (χ2n) is 6.18. The minimum absolute atomic E-state index is 0.269. The van der Waals surface area contributed by atoms with Crippen molar-refractivity contribution in [3.05, 3.63) is 95.6 Å². The van der Waals surface area contributed by atoms with Crippen LogP contribution < -0.4 is 10.1 Å². The summed E-state index contributed by atoms with van der Waals surface area (Å²) in [6.45, 7) is 0.269. The van der Waals surface area contributed by atoms with E-state index in [0.29, 0.717) is 23.4 Å². The molecule has 0 aliphatic rings. The highest BCUT2D eigenvalue weighted by Crippen LogP contribution is 2.19. The van der Waals surface area contributed by atoms with Crippen LogP contribution in [0.3, 0.4) is 0 Å². The van der Waals surface area contributed by atoms with Crippen LogP contribution in [-0.2, 0) is 17.8 Å². The number of nitrogens with zero attached hydrogens (tertiary/aromatic N) is 2. The van der Waals surface area contributed by atoms with Crippen LogP contribution in [0.25, 0.3) is 6.08 Å². The maximum absolute atomic E-state index is 13.2. The number of carbonyl (C=O) groups is 1. The van der Waals surface area contributed by atoms with Crippen molar-refractivity contribution in [1.82, 2.24) is 4.98 Å². The average Bonchev–Trinajstić information content (AvgIpc) is 2.73. The Morgan fingerprint density at radius 1 is 1.17 bits per heavy atom. The van der Waals surface area contributed by atoms with Crippen molar-refractivity contribution < 1.29 is 13.9 Å². The van der Waals surface area contributed by atoms with E-state index >= 15 is 0 Å². The molecule has 1 heterocycles. The minimum atomic E-state index is -0.462. The molecule has 6 heteroatoms. The number of halogens is 1. The van der Waals surface area contributed by atoms with Crippen LogP contribution in [0.4, 0.5) is 10.1 Å². The summed E-state index contributed by atoms with van der Waals surface area (Å²) < 4.78 is 18.9. The molecule has 29 heavy (non-hydrogen) atoms.